The number of aromatic hydroxyl groups is 1. The van der Waals surface area contributed by atoms with Crippen molar-refractivity contribution in [3.63, 3.8) is 0 Å². The quantitative estimate of drug-likeness (QED) is 0.592. The highest BCUT2D eigenvalue weighted by molar-refractivity contribution is 5.99. The van der Waals surface area contributed by atoms with Gasteiger partial charge in [-0.3, -0.25) is 9.36 Å². The van der Waals surface area contributed by atoms with Gasteiger partial charge in [0, 0.05) is 19.5 Å². The van der Waals surface area contributed by atoms with Gasteiger partial charge in [-0.25, -0.2) is 4.79 Å². The van der Waals surface area contributed by atoms with Crippen LogP contribution in [0.2, 0.25) is 0 Å². The number of anilines is 1. The molecule has 0 saturated heterocycles. The summed E-state index contributed by atoms with van der Waals surface area (Å²) >= 11 is 0. The molecular weight excluding hydrogens is 278 g/mol. The Morgan fingerprint density at radius 1 is 1.52 bits per heavy atom. The number of aliphatic hydroxyl groups excluding tert-OH is 1. The van der Waals surface area contributed by atoms with Crippen LogP contribution in [0.3, 0.4) is 0 Å². The van der Waals surface area contributed by atoms with Crippen LogP contribution in [0.5, 0.6) is 11.5 Å². The fourth-order valence-electron chi connectivity index (χ4n) is 1.98. The molecule has 0 unspecified atom stereocenters. The molecule has 0 aliphatic rings. The number of phenolic OH excluding ortho intramolecular Hbond substituents is 1. The number of rotatable bonds is 5. The molecule has 1 heterocycles. The summed E-state index contributed by atoms with van der Waals surface area (Å²) in [6.45, 7) is 1.51. The minimum absolute atomic E-state index is 0.0258. The molecule has 1 aromatic heterocycles. The van der Waals surface area contributed by atoms with Gasteiger partial charge in [0.2, 0.25) is 5.91 Å². The van der Waals surface area contributed by atoms with E-state index in [4.69, 9.17) is 9.84 Å². The summed E-state index contributed by atoms with van der Waals surface area (Å²) in [7, 11) is 1.49. The third-order valence-electron chi connectivity index (χ3n) is 3.05. The summed E-state index contributed by atoms with van der Waals surface area (Å²) in [5, 5.41) is 21.6. The third kappa shape index (κ3) is 2.70. The molecule has 2 aromatic rings. The molecule has 1 amide bonds. The van der Waals surface area contributed by atoms with E-state index >= 15 is 0 Å². The van der Waals surface area contributed by atoms with Gasteiger partial charge in [-0.1, -0.05) is 6.92 Å². The van der Waals surface area contributed by atoms with Crippen LogP contribution in [0.1, 0.15) is 13.3 Å². The van der Waals surface area contributed by atoms with Crippen molar-refractivity contribution in [2.24, 2.45) is 7.05 Å². The first-order valence-electron chi connectivity index (χ1n) is 6.47. The van der Waals surface area contributed by atoms with Crippen LogP contribution in [0.25, 0.3) is 11.0 Å². The Morgan fingerprint density at radius 2 is 2.24 bits per heavy atom. The zero-order valence-corrected chi connectivity index (χ0v) is 11.8. The number of nitrogens with one attached hydrogen (secondary N) is 2. The lowest BCUT2D eigenvalue weighted by Gasteiger charge is -2.12. The first kappa shape index (κ1) is 14.9. The number of aliphatic hydroxyl groups is 1. The number of benzene rings is 1. The van der Waals surface area contributed by atoms with Crippen molar-refractivity contribution < 1.29 is 19.7 Å². The van der Waals surface area contributed by atoms with Crippen molar-refractivity contribution >= 4 is 22.6 Å². The van der Waals surface area contributed by atoms with Crippen LogP contribution >= 0.6 is 0 Å². The monoisotopic (exact) mass is 295 g/mol. The number of carbonyl (C=O) groups excluding carboxylic acids is 1. The number of fused-ring (bicyclic) bond motifs is 1. The number of aryl methyl sites for hydroxylation is 1. The zero-order valence-electron chi connectivity index (χ0n) is 11.8. The van der Waals surface area contributed by atoms with Crippen LogP contribution in [-0.2, 0) is 11.8 Å². The highest BCUT2D eigenvalue weighted by Gasteiger charge is 2.18. The number of aromatic amines is 1. The number of H-pyrrole nitrogens is 1. The predicted molar refractivity (Wildman–Crippen MR) is 76.7 cm³/mol. The summed E-state index contributed by atoms with van der Waals surface area (Å²) in [6.07, 6.45) is 0.246. The molecule has 0 radical (unpaired) electrons. The Hall–Kier alpha value is -2.48. The summed E-state index contributed by atoms with van der Waals surface area (Å²) in [5.41, 5.74) is 0.259. The first-order chi connectivity index (χ1) is 9.99. The molecular formula is C13H17N3O5. The molecule has 0 aliphatic carbocycles. The minimum atomic E-state index is -0.423. The van der Waals surface area contributed by atoms with Crippen LogP contribution in [-0.4, -0.2) is 38.9 Å². The van der Waals surface area contributed by atoms with E-state index in [9.17, 15) is 14.7 Å². The Bertz CT molecular complexity index is 731. The van der Waals surface area contributed by atoms with Gasteiger partial charge < -0.3 is 25.3 Å². The summed E-state index contributed by atoms with van der Waals surface area (Å²) < 4.78 is 6.57. The van der Waals surface area contributed by atoms with Gasteiger partial charge in [0.1, 0.15) is 23.4 Å². The van der Waals surface area contributed by atoms with Crippen LogP contribution < -0.4 is 15.7 Å². The molecule has 4 N–H and O–H groups in total. The van der Waals surface area contributed by atoms with Crippen molar-refractivity contribution in [1.29, 1.82) is 0 Å². The number of hydrogen-bond acceptors (Lipinski definition) is 5. The van der Waals surface area contributed by atoms with E-state index in [1.54, 1.807) is 6.92 Å². The minimum Gasteiger partial charge on any atom is -0.504 e. The first-order valence-corrected chi connectivity index (χ1v) is 6.47. The van der Waals surface area contributed by atoms with E-state index in [2.05, 4.69) is 10.3 Å². The van der Waals surface area contributed by atoms with Gasteiger partial charge >= 0.3 is 5.69 Å². The lowest BCUT2D eigenvalue weighted by atomic mass is 10.2. The van der Waals surface area contributed by atoms with E-state index in [1.807, 2.05) is 0 Å². The average Bonchev–Trinajstić information content (AvgIpc) is 2.77. The lowest BCUT2D eigenvalue weighted by molar-refractivity contribution is -0.115. The molecule has 8 nitrogen and oxygen atoms in total. The average molecular weight is 295 g/mol. The predicted octanol–water partition coefficient (Wildman–Crippen LogP) is 0.292. The molecule has 0 spiro atoms. The van der Waals surface area contributed by atoms with E-state index < -0.39 is 5.69 Å². The fourth-order valence-corrected chi connectivity index (χ4v) is 1.98. The topological polar surface area (TPSA) is 117 Å². The number of hydrogen-bond donors (Lipinski definition) is 4. The van der Waals surface area contributed by atoms with E-state index in [0.29, 0.717) is 5.52 Å². The maximum Gasteiger partial charge on any atom is 0.326 e. The van der Waals surface area contributed by atoms with E-state index in [-0.39, 0.29) is 48.2 Å². The number of ether oxygens (including phenoxy) is 1. The largest absolute Gasteiger partial charge is 0.504 e. The molecule has 0 saturated carbocycles. The third-order valence-corrected chi connectivity index (χ3v) is 3.05. The van der Waals surface area contributed by atoms with Crippen LogP contribution in [0.15, 0.2) is 10.9 Å². The number of amides is 1. The fraction of sp³-hybridized carbons (Fsp3) is 0.385. The molecule has 8 heteroatoms. The molecule has 0 atom stereocenters. The number of nitrogens with zero attached hydrogens (tertiary/aromatic N) is 1. The zero-order chi connectivity index (χ0) is 15.6. The maximum absolute atomic E-state index is 11.7. The SMILES string of the molecule is CCC(=O)Nc1cc(OCCO)c2[nH]c(=O)n(C)c2c1O. The molecule has 0 fully saturated rings. The van der Waals surface area contributed by atoms with Crippen molar-refractivity contribution in [3.05, 3.63) is 16.6 Å². The van der Waals surface area contributed by atoms with Gasteiger partial charge in [0.15, 0.2) is 5.75 Å². The summed E-state index contributed by atoms with van der Waals surface area (Å²) in [5.74, 6) is -0.233. The molecule has 2 rings (SSSR count). The second-order valence-corrected chi connectivity index (χ2v) is 4.46. The second-order valence-electron chi connectivity index (χ2n) is 4.46. The second kappa shape index (κ2) is 5.88. The van der Waals surface area contributed by atoms with Gasteiger partial charge in [-0.15, -0.1) is 0 Å². The van der Waals surface area contributed by atoms with Gasteiger partial charge in [-0.2, -0.15) is 0 Å². The Kier molecular flexibility index (Phi) is 4.18. The normalized spacial score (nSPS) is 10.8. The number of imidazole rings is 1. The Morgan fingerprint density at radius 3 is 2.86 bits per heavy atom. The molecule has 1 aromatic carbocycles. The van der Waals surface area contributed by atoms with E-state index in [0.717, 1.165) is 0 Å². The maximum atomic E-state index is 11.7. The summed E-state index contributed by atoms with van der Waals surface area (Å²) in [4.78, 5) is 25.8. The number of phenols is 1. The van der Waals surface area contributed by atoms with E-state index in [1.165, 1.54) is 17.7 Å². The van der Waals surface area contributed by atoms with Crippen molar-refractivity contribution in [2.75, 3.05) is 18.5 Å². The van der Waals surface area contributed by atoms with Crippen molar-refractivity contribution in [2.45, 2.75) is 13.3 Å². The number of aromatic nitrogens is 2. The Balaban J connectivity index is 2.64. The lowest BCUT2D eigenvalue weighted by Crippen LogP contribution is -2.12. The smallest absolute Gasteiger partial charge is 0.326 e. The van der Waals surface area contributed by atoms with Gasteiger partial charge in [0.05, 0.1) is 12.3 Å². The highest BCUT2D eigenvalue weighted by atomic mass is 16.5. The van der Waals surface area contributed by atoms with Gasteiger partial charge in [0.25, 0.3) is 0 Å². The van der Waals surface area contributed by atoms with Crippen LogP contribution in [0.4, 0.5) is 5.69 Å². The number of carbonyl (C=O) groups is 1. The molecule has 114 valence electrons. The molecule has 0 bridgehead atoms. The van der Waals surface area contributed by atoms with Crippen molar-refractivity contribution in [3.8, 4) is 11.5 Å². The highest BCUT2D eigenvalue weighted by Crippen LogP contribution is 2.37. The van der Waals surface area contributed by atoms with Crippen molar-refractivity contribution in [1.82, 2.24) is 9.55 Å². The standard InChI is InChI=1S/C13H17N3O5/c1-3-9(18)14-7-6-8(21-5-4-17)10-11(12(7)19)16(2)13(20)15-10/h6,17,19H,3-5H2,1-2H3,(H,14,18)(H,15,20). The van der Waals surface area contributed by atoms with Crippen LogP contribution in [0, 0.1) is 0 Å². The van der Waals surface area contributed by atoms with Gasteiger partial charge in [-0.05, 0) is 0 Å². The molecule has 0 aliphatic heterocycles. The molecule has 21 heavy (non-hydrogen) atoms. The Labute approximate surface area is 120 Å². The summed E-state index contributed by atoms with van der Waals surface area (Å²) in [6, 6.07) is 1.41.